The maximum atomic E-state index is 13.7. The molecule has 0 aliphatic carbocycles. The highest BCUT2D eigenvalue weighted by molar-refractivity contribution is 7.89. The van der Waals surface area contributed by atoms with Gasteiger partial charge in [0.05, 0.1) is 12.3 Å². The highest BCUT2D eigenvalue weighted by Gasteiger charge is 2.11. The summed E-state index contributed by atoms with van der Waals surface area (Å²) >= 11 is 0. The molecule has 2 N–H and O–H groups in total. The van der Waals surface area contributed by atoms with Gasteiger partial charge < -0.3 is 15.5 Å². The van der Waals surface area contributed by atoms with Gasteiger partial charge in [0.1, 0.15) is 5.82 Å². The molecular formula is C23H33FN4O2S. The van der Waals surface area contributed by atoms with Crippen LogP contribution in [0.2, 0.25) is 0 Å². The number of benzene rings is 2. The summed E-state index contributed by atoms with van der Waals surface area (Å²) < 4.78 is 37.1. The summed E-state index contributed by atoms with van der Waals surface area (Å²) in [5.41, 5.74) is 3.52. The van der Waals surface area contributed by atoms with Gasteiger partial charge in [-0.1, -0.05) is 37.3 Å². The van der Waals surface area contributed by atoms with E-state index >= 15 is 0 Å². The minimum absolute atomic E-state index is 0.128. The highest BCUT2D eigenvalue weighted by Crippen LogP contribution is 2.14. The molecule has 0 radical (unpaired) electrons. The fourth-order valence-corrected chi connectivity index (χ4v) is 3.97. The molecule has 0 saturated carbocycles. The number of guanidine groups is 1. The Hall–Kier alpha value is -2.45. The first kappa shape index (κ1) is 24.8. The third kappa shape index (κ3) is 9.06. The standard InChI is InChI=1S/C23H33FN4O2S/c1-5-25-23(26-14-18-8-7-9-19(12-18)16-28(3)6-2)27-15-21-13-22(24)11-10-20(21)17-31(4,29)30/h7-13H,5-6,14-17H2,1-4H3,(H2,25,26,27). The maximum absolute atomic E-state index is 13.7. The molecule has 0 saturated heterocycles. The average molecular weight is 449 g/mol. The largest absolute Gasteiger partial charge is 0.357 e. The molecular weight excluding hydrogens is 415 g/mol. The number of aliphatic imine (C=N–C) groups is 1. The number of hydrogen-bond donors (Lipinski definition) is 2. The molecule has 8 heteroatoms. The van der Waals surface area contributed by atoms with E-state index in [1.54, 1.807) is 0 Å². The first-order valence-electron chi connectivity index (χ1n) is 10.4. The molecule has 0 aromatic heterocycles. The Balaban J connectivity index is 2.11. The summed E-state index contributed by atoms with van der Waals surface area (Å²) in [6.07, 6.45) is 1.17. The van der Waals surface area contributed by atoms with Gasteiger partial charge in [-0.25, -0.2) is 17.8 Å². The molecule has 2 aromatic carbocycles. The van der Waals surface area contributed by atoms with Crippen LogP contribution in [0.15, 0.2) is 47.5 Å². The number of nitrogens with zero attached hydrogens (tertiary/aromatic N) is 2. The number of nitrogens with one attached hydrogen (secondary N) is 2. The molecule has 0 atom stereocenters. The van der Waals surface area contributed by atoms with E-state index in [0.717, 1.165) is 18.7 Å². The van der Waals surface area contributed by atoms with E-state index in [4.69, 9.17) is 0 Å². The Morgan fingerprint density at radius 2 is 1.81 bits per heavy atom. The molecule has 0 fully saturated rings. The van der Waals surface area contributed by atoms with Crippen molar-refractivity contribution in [1.29, 1.82) is 0 Å². The van der Waals surface area contributed by atoms with Crippen LogP contribution in [0.4, 0.5) is 4.39 Å². The minimum atomic E-state index is -3.22. The van der Waals surface area contributed by atoms with E-state index in [1.165, 1.54) is 30.0 Å². The molecule has 31 heavy (non-hydrogen) atoms. The van der Waals surface area contributed by atoms with Crippen molar-refractivity contribution in [3.05, 3.63) is 70.5 Å². The van der Waals surface area contributed by atoms with Crippen molar-refractivity contribution < 1.29 is 12.8 Å². The molecule has 0 spiro atoms. The topological polar surface area (TPSA) is 73.8 Å². The average Bonchev–Trinajstić information content (AvgIpc) is 2.71. The summed E-state index contributed by atoms with van der Waals surface area (Å²) in [4.78, 5) is 6.87. The van der Waals surface area contributed by atoms with Crippen molar-refractivity contribution >= 4 is 15.8 Å². The van der Waals surface area contributed by atoms with E-state index in [9.17, 15) is 12.8 Å². The molecule has 0 amide bonds. The fraction of sp³-hybridized carbons (Fsp3) is 0.435. The second kappa shape index (κ2) is 11.8. The lowest BCUT2D eigenvalue weighted by molar-refractivity contribution is 0.345. The zero-order valence-electron chi connectivity index (χ0n) is 18.8. The third-order valence-corrected chi connectivity index (χ3v) is 5.62. The van der Waals surface area contributed by atoms with Crippen LogP contribution in [0.25, 0.3) is 0 Å². The fourth-order valence-electron chi connectivity index (χ4n) is 3.12. The van der Waals surface area contributed by atoms with E-state index < -0.39 is 15.7 Å². The number of hydrogen-bond acceptors (Lipinski definition) is 4. The molecule has 0 heterocycles. The molecule has 0 aliphatic rings. The zero-order valence-corrected chi connectivity index (χ0v) is 19.6. The molecule has 2 rings (SSSR count). The van der Waals surface area contributed by atoms with Gasteiger partial charge in [-0.3, -0.25) is 0 Å². The third-order valence-electron chi connectivity index (χ3n) is 4.78. The zero-order chi connectivity index (χ0) is 22.9. The Morgan fingerprint density at radius 1 is 1.06 bits per heavy atom. The molecule has 0 unspecified atom stereocenters. The Labute approximate surface area is 185 Å². The van der Waals surface area contributed by atoms with Crippen molar-refractivity contribution in [1.82, 2.24) is 15.5 Å². The van der Waals surface area contributed by atoms with Crippen molar-refractivity contribution in [2.24, 2.45) is 4.99 Å². The van der Waals surface area contributed by atoms with E-state index in [0.29, 0.717) is 30.2 Å². The molecule has 0 aliphatic heterocycles. The minimum Gasteiger partial charge on any atom is -0.357 e. The first-order chi connectivity index (χ1) is 14.7. The monoisotopic (exact) mass is 448 g/mol. The summed E-state index contributed by atoms with van der Waals surface area (Å²) in [5.74, 6) is 0.0646. The summed E-state index contributed by atoms with van der Waals surface area (Å²) in [6, 6.07) is 12.5. The van der Waals surface area contributed by atoms with Crippen molar-refractivity contribution in [2.75, 3.05) is 26.4 Å². The summed E-state index contributed by atoms with van der Waals surface area (Å²) in [6.45, 7) is 7.41. The molecule has 2 aromatic rings. The maximum Gasteiger partial charge on any atom is 0.191 e. The second-order valence-corrected chi connectivity index (χ2v) is 9.82. The number of rotatable bonds is 10. The Morgan fingerprint density at radius 3 is 2.48 bits per heavy atom. The van der Waals surface area contributed by atoms with Crippen LogP contribution in [0, 0.1) is 5.82 Å². The van der Waals surface area contributed by atoms with Gasteiger partial charge in [0.15, 0.2) is 15.8 Å². The lowest BCUT2D eigenvalue weighted by Gasteiger charge is -2.15. The van der Waals surface area contributed by atoms with Crippen LogP contribution in [0.1, 0.15) is 36.1 Å². The van der Waals surface area contributed by atoms with Gasteiger partial charge in [-0.15, -0.1) is 0 Å². The molecule has 0 bridgehead atoms. The van der Waals surface area contributed by atoms with Gasteiger partial charge in [0.2, 0.25) is 0 Å². The summed E-state index contributed by atoms with van der Waals surface area (Å²) in [7, 11) is -1.14. The van der Waals surface area contributed by atoms with E-state index in [1.807, 2.05) is 19.1 Å². The van der Waals surface area contributed by atoms with E-state index in [-0.39, 0.29) is 12.3 Å². The molecule has 6 nitrogen and oxygen atoms in total. The van der Waals surface area contributed by atoms with Crippen LogP contribution in [-0.2, 0) is 35.2 Å². The van der Waals surface area contributed by atoms with Crippen molar-refractivity contribution in [3.63, 3.8) is 0 Å². The van der Waals surface area contributed by atoms with Crippen LogP contribution in [0.3, 0.4) is 0 Å². The van der Waals surface area contributed by atoms with Crippen LogP contribution in [0.5, 0.6) is 0 Å². The second-order valence-electron chi connectivity index (χ2n) is 7.68. The first-order valence-corrected chi connectivity index (χ1v) is 12.5. The van der Waals surface area contributed by atoms with Crippen molar-refractivity contribution in [2.45, 2.75) is 39.2 Å². The number of sulfone groups is 1. The van der Waals surface area contributed by atoms with Gasteiger partial charge in [-0.05, 0) is 54.9 Å². The predicted octanol–water partition coefficient (Wildman–Crippen LogP) is 3.08. The quantitative estimate of drug-likeness (QED) is 0.432. The van der Waals surface area contributed by atoms with Gasteiger partial charge in [0, 0.05) is 25.9 Å². The Bertz CT molecular complexity index is 993. The smallest absolute Gasteiger partial charge is 0.191 e. The highest BCUT2D eigenvalue weighted by atomic mass is 32.2. The van der Waals surface area contributed by atoms with Gasteiger partial charge in [0.25, 0.3) is 0 Å². The normalized spacial score (nSPS) is 12.3. The van der Waals surface area contributed by atoms with Gasteiger partial charge >= 0.3 is 0 Å². The lowest BCUT2D eigenvalue weighted by atomic mass is 10.1. The summed E-state index contributed by atoms with van der Waals surface area (Å²) in [5, 5.41) is 6.37. The number of halogens is 1. The van der Waals surface area contributed by atoms with Crippen LogP contribution < -0.4 is 10.6 Å². The lowest BCUT2D eigenvalue weighted by Crippen LogP contribution is -2.37. The van der Waals surface area contributed by atoms with Crippen molar-refractivity contribution in [3.8, 4) is 0 Å². The van der Waals surface area contributed by atoms with Gasteiger partial charge in [-0.2, -0.15) is 0 Å². The molecule has 170 valence electrons. The SMILES string of the molecule is CCNC(=NCc1cccc(CN(C)CC)c1)NCc1cc(F)ccc1CS(C)(=O)=O. The van der Waals surface area contributed by atoms with Crippen LogP contribution in [-0.4, -0.2) is 45.7 Å². The van der Waals surface area contributed by atoms with E-state index in [2.05, 4.69) is 46.6 Å². The Kier molecular flexibility index (Phi) is 9.45. The predicted molar refractivity (Wildman–Crippen MR) is 125 cm³/mol. The van der Waals surface area contributed by atoms with Crippen LogP contribution >= 0.6 is 0 Å².